The fourth-order valence-corrected chi connectivity index (χ4v) is 2.70. The summed E-state index contributed by atoms with van der Waals surface area (Å²) in [5, 5.41) is 0. The minimum atomic E-state index is -2.96. The van der Waals surface area contributed by atoms with Crippen LogP contribution in [0.1, 0.15) is 26.7 Å². The first kappa shape index (κ1) is 9.99. The second-order valence-electron chi connectivity index (χ2n) is 4.36. The van der Waals surface area contributed by atoms with Crippen molar-refractivity contribution >= 4 is 10.0 Å². The van der Waals surface area contributed by atoms with E-state index in [0.717, 1.165) is 12.8 Å². The zero-order valence-electron chi connectivity index (χ0n) is 8.00. The molecule has 0 aromatic rings. The third-order valence-corrected chi connectivity index (χ3v) is 3.58. The summed E-state index contributed by atoms with van der Waals surface area (Å²) in [7, 11) is -2.96. The molecule has 1 rings (SSSR count). The molecule has 0 aliphatic carbocycles. The van der Waals surface area contributed by atoms with Gasteiger partial charge in [0.25, 0.3) is 0 Å². The quantitative estimate of drug-likeness (QED) is 0.621. The van der Waals surface area contributed by atoms with E-state index in [-0.39, 0.29) is 5.41 Å². The molecule has 0 spiro atoms. The zero-order chi connectivity index (χ0) is 9.41. The molecule has 4 heteroatoms. The summed E-state index contributed by atoms with van der Waals surface area (Å²) >= 11 is 0. The second-order valence-corrected chi connectivity index (χ2v) is 6.35. The van der Waals surface area contributed by atoms with Crippen LogP contribution in [-0.2, 0) is 10.0 Å². The van der Waals surface area contributed by atoms with E-state index in [0.29, 0.717) is 13.1 Å². The first-order valence-electron chi connectivity index (χ1n) is 4.26. The van der Waals surface area contributed by atoms with Gasteiger partial charge < -0.3 is 0 Å². The normalized spacial score (nSPS) is 25.6. The molecule has 1 aliphatic heterocycles. The Bertz CT molecular complexity index is 256. The molecule has 3 nitrogen and oxygen atoms in total. The van der Waals surface area contributed by atoms with Crippen molar-refractivity contribution in [3.63, 3.8) is 0 Å². The van der Waals surface area contributed by atoms with Crippen LogP contribution >= 0.6 is 0 Å². The van der Waals surface area contributed by atoms with Gasteiger partial charge in [0.05, 0.1) is 6.26 Å². The third-order valence-electron chi connectivity index (χ3n) is 2.33. The molecule has 1 heterocycles. The highest BCUT2D eigenvalue weighted by Crippen LogP contribution is 2.29. The van der Waals surface area contributed by atoms with Crippen molar-refractivity contribution < 1.29 is 8.42 Å². The molecule has 0 aromatic carbocycles. The average molecular weight is 191 g/mol. The largest absolute Gasteiger partial charge is 0.213 e. The summed E-state index contributed by atoms with van der Waals surface area (Å²) < 4.78 is 24.0. The molecule has 1 fully saturated rings. The van der Waals surface area contributed by atoms with Gasteiger partial charge in [-0.2, -0.15) is 0 Å². The third kappa shape index (κ3) is 2.45. The lowest BCUT2D eigenvalue weighted by Crippen LogP contribution is -2.42. The first-order chi connectivity index (χ1) is 5.31. The van der Waals surface area contributed by atoms with Crippen LogP contribution in [0.2, 0.25) is 0 Å². The van der Waals surface area contributed by atoms with Gasteiger partial charge in [0.15, 0.2) is 0 Å². The van der Waals surface area contributed by atoms with Gasteiger partial charge in [-0.3, -0.25) is 0 Å². The van der Waals surface area contributed by atoms with Gasteiger partial charge in [-0.05, 0) is 18.3 Å². The minimum absolute atomic E-state index is 0.154. The summed E-state index contributed by atoms with van der Waals surface area (Å²) in [6.07, 6.45) is 3.40. The van der Waals surface area contributed by atoms with Crippen LogP contribution in [0.3, 0.4) is 0 Å². The Kier molecular flexibility index (Phi) is 2.50. The van der Waals surface area contributed by atoms with Crippen LogP contribution in [0.4, 0.5) is 0 Å². The summed E-state index contributed by atoms with van der Waals surface area (Å²) in [5.41, 5.74) is 0.154. The van der Waals surface area contributed by atoms with E-state index < -0.39 is 10.0 Å². The molecule has 0 unspecified atom stereocenters. The standard InChI is InChI=1S/C8H17NO2S/c1-8(2)5-4-6-9(7-8)12(3,10)11/h4-7H2,1-3H3. The van der Waals surface area contributed by atoms with E-state index in [4.69, 9.17) is 0 Å². The lowest BCUT2D eigenvalue weighted by Gasteiger charge is -2.36. The fraction of sp³-hybridized carbons (Fsp3) is 1.00. The second kappa shape index (κ2) is 3.00. The number of sulfonamides is 1. The molecule has 0 N–H and O–H groups in total. The summed E-state index contributed by atoms with van der Waals surface area (Å²) in [4.78, 5) is 0. The van der Waals surface area contributed by atoms with Gasteiger partial charge in [0, 0.05) is 13.1 Å². The molecule has 0 bridgehead atoms. The van der Waals surface area contributed by atoms with E-state index in [1.165, 1.54) is 6.26 Å². The van der Waals surface area contributed by atoms with Gasteiger partial charge in [0.2, 0.25) is 10.0 Å². The van der Waals surface area contributed by atoms with E-state index in [2.05, 4.69) is 13.8 Å². The summed E-state index contributed by atoms with van der Waals surface area (Å²) in [6.45, 7) is 5.60. The van der Waals surface area contributed by atoms with Crippen LogP contribution < -0.4 is 0 Å². The van der Waals surface area contributed by atoms with Crippen molar-refractivity contribution in [3.05, 3.63) is 0 Å². The van der Waals surface area contributed by atoms with Gasteiger partial charge in [-0.25, -0.2) is 12.7 Å². The van der Waals surface area contributed by atoms with Crippen LogP contribution in [0.5, 0.6) is 0 Å². The molecular weight excluding hydrogens is 174 g/mol. The Morgan fingerprint density at radius 1 is 1.33 bits per heavy atom. The number of rotatable bonds is 1. The lowest BCUT2D eigenvalue weighted by atomic mass is 9.85. The van der Waals surface area contributed by atoms with Crippen LogP contribution in [0.15, 0.2) is 0 Å². The number of nitrogens with zero attached hydrogens (tertiary/aromatic N) is 1. The summed E-state index contributed by atoms with van der Waals surface area (Å²) in [5.74, 6) is 0. The summed E-state index contributed by atoms with van der Waals surface area (Å²) in [6, 6.07) is 0. The van der Waals surface area contributed by atoms with Crippen molar-refractivity contribution in [2.24, 2.45) is 5.41 Å². The zero-order valence-corrected chi connectivity index (χ0v) is 8.82. The highest BCUT2D eigenvalue weighted by Gasteiger charge is 2.30. The lowest BCUT2D eigenvalue weighted by molar-refractivity contribution is 0.187. The molecule has 72 valence electrons. The van der Waals surface area contributed by atoms with Gasteiger partial charge in [0.1, 0.15) is 0 Å². The van der Waals surface area contributed by atoms with E-state index in [1.54, 1.807) is 4.31 Å². The van der Waals surface area contributed by atoms with Gasteiger partial charge >= 0.3 is 0 Å². The highest BCUT2D eigenvalue weighted by molar-refractivity contribution is 7.88. The van der Waals surface area contributed by atoms with E-state index in [1.807, 2.05) is 0 Å². The van der Waals surface area contributed by atoms with Crippen LogP contribution in [-0.4, -0.2) is 32.1 Å². The Morgan fingerprint density at radius 2 is 1.92 bits per heavy atom. The fourth-order valence-electron chi connectivity index (χ4n) is 1.65. The Hall–Kier alpha value is -0.0900. The Balaban J connectivity index is 2.71. The van der Waals surface area contributed by atoms with Gasteiger partial charge in [-0.15, -0.1) is 0 Å². The maximum absolute atomic E-state index is 11.2. The average Bonchev–Trinajstić information content (AvgIpc) is 1.83. The maximum Gasteiger partial charge on any atom is 0.211 e. The van der Waals surface area contributed by atoms with Crippen molar-refractivity contribution in [3.8, 4) is 0 Å². The molecule has 1 aliphatic rings. The number of hydrogen-bond acceptors (Lipinski definition) is 2. The van der Waals surface area contributed by atoms with Gasteiger partial charge in [-0.1, -0.05) is 13.8 Å². The molecule has 0 amide bonds. The Labute approximate surface area is 74.8 Å². The molecule has 0 aromatic heterocycles. The topological polar surface area (TPSA) is 37.4 Å². The monoisotopic (exact) mass is 191 g/mol. The number of hydrogen-bond donors (Lipinski definition) is 0. The first-order valence-corrected chi connectivity index (χ1v) is 6.11. The molecule has 0 radical (unpaired) electrons. The molecule has 0 atom stereocenters. The smallest absolute Gasteiger partial charge is 0.211 e. The van der Waals surface area contributed by atoms with Crippen molar-refractivity contribution in [1.82, 2.24) is 4.31 Å². The Morgan fingerprint density at radius 3 is 2.25 bits per heavy atom. The van der Waals surface area contributed by atoms with E-state index in [9.17, 15) is 8.42 Å². The van der Waals surface area contributed by atoms with Crippen molar-refractivity contribution in [2.75, 3.05) is 19.3 Å². The maximum atomic E-state index is 11.2. The van der Waals surface area contributed by atoms with Crippen LogP contribution in [0.25, 0.3) is 0 Å². The SMILES string of the molecule is CC1(C)CCCN(S(C)(=O)=O)C1. The molecule has 0 saturated carbocycles. The minimum Gasteiger partial charge on any atom is -0.213 e. The van der Waals surface area contributed by atoms with Crippen LogP contribution in [0, 0.1) is 5.41 Å². The predicted octanol–water partition coefficient (Wildman–Crippen LogP) is 1.07. The van der Waals surface area contributed by atoms with Crippen molar-refractivity contribution in [2.45, 2.75) is 26.7 Å². The molecular formula is C8H17NO2S. The number of piperidine rings is 1. The highest BCUT2D eigenvalue weighted by atomic mass is 32.2. The van der Waals surface area contributed by atoms with E-state index >= 15 is 0 Å². The van der Waals surface area contributed by atoms with Crippen molar-refractivity contribution in [1.29, 1.82) is 0 Å². The predicted molar refractivity (Wildman–Crippen MR) is 49.4 cm³/mol. The molecule has 12 heavy (non-hydrogen) atoms. The molecule has 1 saturated heterocycles.